The number of amides is 2. The number of carbonyl (C=O) groups is 1. The largest absolute Gasteiger partial charge is 0.335 e. The van der Waals surface area contributed by atoms with Crippen molar-refractivity contribution in [1.82, 2.24) is 15.1 Å². The summed E-state index contributed by atoms with van der Waals surface area (Å²) in [5.41, 5.74) is 0. The van der Waals surface area contributed by atoms with E-state index in [-0.39, 0.29) is 6.03 Å². The Morgan fingerprint density at radius 3 is 2.50 bits per heavy atom. The molecule has 1 saturated carbocycles. The summed E-state index contributed by atoms with van der Waals surface area (Å²) in [4.78, 5) is 17.0. The molecule has 0 radical (unpaired) electrons. The molecule has 3 aliphatic rings. The number of hydrogen-bond acceptors (Lipinski definition) is 2. The van der Waals surface area contributed by atoms with E-state index in [0.29, 0.717) is 12.0 Å². The number of likely N-dealkylation sites (tertiary alicyclic amines) is 2. The highest BCUT2D eigenvalue weighted by Gasteiger charge is 2.32. The van der Waals surface area contributed by atoms with Gasteiger partial charge in [-0.3, -0.25) is 0 Å². The zero-order chi connectivity index (χ0) is 13.9. The number of carbonyl (C=O) groups excluding carboxylic acids is 1. The molecule has 2 heterocycles. The Morgan fingerprint density at radius 1 is 1.10 bits per heavy atom. The lowest BCUT2D eigenvalue weighted by atomic mass is 9.96. The lowest BCUT2D eigenvalue weighted by Gasteiger charge is -2.36. The van der Waals surface area contributed by atoms with Gasteiger partial charge in [-0.05, 0) is 44.4 Å². The summed E-state index contributed by atoms with van der Waals surface area (Å²) >= 11 is 0. The van der Waals surface area contributed by atoms with Crippen LogP contribution in [0.3, 0.4) is 0 Å². The fourth-order valence-electron chi connectivity index (χ4n) is 3.70. The first-order valence-corrected chi connectivity index (χ1v) is 8.55. The molecule has 114 valence electrons. The van der Waals surface area contributed by atoms with Crippen LogP contribution in [0.5, 0.6) is 0 Å². The number of nitrogens with zero attached hydrogens (tertiary/aromatic N) is 2. The second kappa shape index (κ2) is 6.33. The monoisotopic (exact) mass is 279 g/mol. The van der Waals surface area contributed by atoms with Gasteiger partial charge < -0.3 is 15.1 Å². The number of urea groups is 1. The number of hydrogen-bond donors (Lipinski definition) is 1. The number of rotatable bonds is 3. The Balaban J connectivity index is 1.42. The van der Waals surface area contributed by atoms with Gasteiger partial charge in [-0.1, -0.05) is 13.3 Å². The first kappa shape index (κ1) is 14.2. The van der Waals surface area contributed by atoms with E-state index in [2.05, 4.69) is 17.1 Å². The van der Waals surface area contributed by atoms with Gasteiger partial charge in [-0.25, -0.2) is 4.79 Å². The summed E-state index contributed by atoms with van der Waals surface area (Å²) in [5.74, 6) is 0.714. The average Bonchev–Trinajstić information content (AvgIpc) is 3.33. The number of nitrogens with one attached hydrogen (secondary N) is 1. The van der Waals surface area contributed by atoms with Crippen LogP contribution in [-0.4, -0.2) is 54.1 Å². The van der Waals surface area contributed by atoms with Gasteiger partial charge >= 0.3 is 6.03 Å². The van der Waals surface area contributed by atoms with Crippen LogP contribution in [0.4, 0.5) is 4.79 Å². The van der Waals surface area contributed by atoms with E-state index in [1.54, 1.807) is 0 Å². The molecule has 1 N–H and O–H groups in total. The maximum absolute atomic E-state index is 12.4. The van der Waals surface area contributed by atoms with E-state index in [1.807, 2.05) is 4.90 Å². The fourth-order valence-corrected chi connectivity index (χ4v) is 3.70. The molecule has 2 aliphatic heterocycles. The summed E-state index contributed by atoms with van der Waals surface area (Å²) in [6.45, 7) is 6.49. The van der Waals surface area contributed by atoms with E-state index < -0.39 is 0 Å². The van der Waals surface area contributed by atoms with Gasteiger partial charge in [0.15, 0.2) is 0 Å². The Bertz CT molecular complexity index is 335. The molecule has 0 bridgehead atoms. The molecule has 3 fully saturated rings. The lowest BCUT2D eigenvalue weighted by Crippen LogP contribution is -2.51. The standard InChI is InChI=1S/C16H29N3O/c1-2-13-4-3-9-19(12-13)16(20)17-14-7-10-18(11-8-14)15-5-6-15/h13-15H,2-12H2,1H3,(H,17,20). The van der Waals surface area contributed by atoms with Gasteiger partial charge in [0.1, 0.15) is 0 Å². The zero-order valence-electron chi connectivity index (χ0n) is 12.8. The summed E-state index contributed by atoms with van der Waals surface area (Å²) in [7, 11) is 0. The maximum atomic E-state index is 12.4. The van der Waals surface area contributed by atoms with Crippen molar-refractivity contribution >= 4 is 6.03 Å². The van der Waals surface area contributed by atoms with Crippen LogP contribution in [0, 0.1) is 5.92 Å². The molecule has 2 saturated heterocycles. The summed E-state index contributed by atoms with van der Waals surface area (Å²) in [6, 6.07) is 1.46. The minimum atomic E-state index is 0.188. The van der Waals surface area contributed by atoms with Gasteiger partial charge in [0.2, 0.25) is 0 Å². The van der Waals surface area contributed by atoms with E-state index in [0.717, 1.165) is 32.0 Å². The first-order valence-electron chi connectivity index (χ1n) is 8.55. The van der Waals surface area contributed by atoms with E-state index in [4.69, 9.17) is 0 Å². The second-order valence-electron chi connectivity index (χ2n) is 6.85. The first-order chi connectivity index (χ1) is 9.76. The van der Waals surface area contributed by atoms with Crippen molar-refractivity contribution in [2.75, 3.05) is 26.2 Å². The molecule has 1 aliphatic carbocycles. The summed E-state index contributed by atoms with van der Waals surface area (Å²) in [6.07, 6.45) is 8.71. The van der Waals surface area contributed by atoms with E-state index in [1.165, 1.54) is 45.2 Å². The van der Waals surface area contributed by atoms with E-state index in [9.17, 15) is 4.79 Å². The maximum Gasteiger partial charge on any atom is 0.317 e. The second-order valence-corrected chi connectivity index (χ2v) is 6.85. The lowest BCUT2D eigenvalue weighted by molar-refractivity contribution is 0.148. The van der Waals surface area contributed by atoms with Crippen LogP contribution in [0.25, 0.3) is 0 Å². The quantitative estimate of drug-likeness (QED) is 0.861. The third-order valence-electron chi connectivity index (χ3n) is 5.30. The molecule has 2 amide bonds. The van der Waals surface area contributed by atoms with Crippen LogP contribution in [0.1, 0.15) is 51.9 Å². The summed E-state index contributed by atoms with van der Waals surface area (Å²) < 4.78 is 0. The smallest absolute Gasteiger partial charge is 0.317 e. The Kier molecular flexibility index (Phi) is 4.49. The van der Waals surface area contributed by atoms with Crippen LogP contribution in [-0.2, 0) is 0 Å². The molecular weight excluding hydrogens is 250 g/mol. The van der Waals surface area contributed by atoms with Crippen molar-refractivity contribution in [3.05, 3.63) is 0 Å². The minimum Gasteiger partial charge on any atom is -0.335 e. The third kappa shape index (κ3) is 3.46. The minimum absolute atomic E-state index is 0.188. The van der Waals surface area contributed by atoms with Crippen LogP contribution < -0.4 is 5.32 Å². The molecule has 0 spiro atoms. The highest BCUT2D eigenvalue weighted by molar-refractivity contribution is 5.74. The zero-order valence-corrected chi connectivity index (χ0v) is 12.8. The normalized spacial score (nSPS) is 29.4. The van der Waals surface area contributed by atoms with Gasteiger partial charge in [0.25, 0.3) is 0 Å². The molecule has 1 unspecified atom stereocenters. The van der Waals surface area contributed by atoms with E-state index >= 15 is 0 Å². The average molecular weight is 279 g/mol. The topological polar surface area (TPSA) is 35.6 Å². The van der Waals surface area contributed by atoms with Gasteiger partial charge in [0.05, 0.1) is 0 Å². The van der Waals surface area contributed by atoms with Crippen LogP contribution >= 0.6 is 0 Å². The molecule has 0 aromatic carbocycles. The predicted molar refractivity (Wildman–Crippen MR) is 80.7 cm³/mol. The molecule has 4 nitrogen and oxygen atoms in total. The van der Waals surface area contributed by atoms with Gasteiger partial charge in [-0.2, -0.15) is 0 Å². The van der Waals surface area contributed by atoms with Crippen molar-refractivity contribution < 1.29 is 4.79 Å². The molecule has 3 rings (SSSR count). The SMILES string of the molecule is CCC1CCCN(C(=O)NC2CCN(C3CC3)CC2)C1. The summed E-state index contributed by atoms with van der Waals surface area (Å²) in [5, 5.41) is 3.27. The molecular formula is C16H29N3O. The van der Waals surface area contributed by atoms with Gasteiger partial charge in [-0.15, -0.1) is 0 Å². The Hall–Kier alpha value is -0.770. The van der Waals surface area contributed by atoms with Crippen molar-refractivity contribution in [1.29, 1.82) is 0 Å². The number of piperidine rings is 2. The molecule has 0 aromatic heterocycles. The third-order valence-corrected chi connectivity index (χ3v) is 5.30. The Morgan fingerprint density at radius 2 is 1.85 bits per heavy atom. The highest BCUT2D eigenvalue weighted by atomic mass is 16.2. The highest BCUT2D eigenvalue weighted by Crippen LogP contribution is 2.29. The Labute approximate surface area is 122 Å². The van der Waals surface area contributed by atoms with Crippen LogP contribution in [0.15, 0.2) is 0 Å². The molecule has 1 atom stereocenters. The fraction of sp³-hybridized carbons (Fsp3) is 0.938. The molecule has 20 heavy (non-hydrogen) atoms. The van der Waals surface area contributed by atoms with Crippen molar-refractivity contribution in [2.24, 2.45) is 5.92 Å². The predicted octanol–water partition coefficient (Wildman–Crippen LogP) is 2.44. The van der Waals surface area contributed by atoms with Gasteiger partial charge in [0, 0.05) is 38.3 Å². The van der Waals surface area contributed by atoms with Crippen molar-refractivity contribution in [3.63, 3.8) is 0 Å². The van der Waals surface area contributed by atoms with Crippen LogP contribution in [0.2, 0.25) is 0 Å². The van der Waals surface area contributed by atoms with Crippen molar-refractivity contribution in [3.8, 4) is 0 Å². The molecule has 4 heteroatoms. The van der Waals surface area contributed by atoms with Crippen molar-refractivity contribution in [2.45, 2.75) is 64.0 Å². The molecule has 0 aromatic rings.